The molecule has 6 heteroatoms. The summed E-state index contributed by atoms with van der Waals surface area (Å²) in [5.74, 6) is 0. The Balaban J connectivity index is -0.0000000642. The Morgan fingerprint density at radius 3 is 1.31 bits per heavy atom. The van der Waals surface area contributed by atoms with Crippen molar-refractivity contribution in [3.8, 4) is 0 Å². The van der Waals surface area contributed by atoms with Crippen LogP contribution in [0.4, 0.5) is 0 Å². The van der Waals surface area contributed by atoms with E-state index < -0.39 is 0 Å². The van der Waals surface area contributed by atoms with Crippen molar-refractivity contribution in [3.63, 3.8) is 0 Å². The number of hydrogen-bond donors (Lipinski definition) is 0. The van der Waals surface area contributed by atoms with Crippen LogP contribution in [0.1, 0.15) is 2.85 Å². The van der Waals surface area contributed by atoms with Gasteiger partial charge in [0.05, 0.1) is 12.5 Å². The fourth-order valence-corrected chi connectivity index (χ4v) is 0.432. The third-order valence-electron chi connectivity index (χ3n) is 0.825. The van der Waals surface area contributed by atoms with Gasteiger partial charge in [-0.1, -0.05) is 0 Å². The SMILES string of the molecule is [H-].[H-].[Na+].[Na+].c1ccoc1.c1ncncn1. The Morgan fingerprint density at radius 2 is 1.15 bits per heavy atom. The van der Waals surface area contributed by atoms with Gasteiger partial charge >= 0.3 is 59.1 Å². The first-order valence-corrected chi connectivity index (χ1v) is 3.02. The van der Waals surface area contributed by atoms with E-state index in [-0.39, 0.29) is 62.0 Å². The van der Waals surface area contributed by atoms with Crippen LogP contribution in [0.5, 0.6) is 0 Å². The zero-order valence-electron chi connectivity index (χ0n) is 9.79. The second kappa shape index (κ2) is 12.3. The predicted molar refractivity (Wildman–Crippen MR) is 40.8 cm³/mol. The number of furan rings is 1. The molecule has 0 aliphatic heterocycles. The van der Waals surface area contributed by atoms with Crippen LogP contribution in [0.3, 0.4) is 0 Å². The number of aromatic nitrogens is 3. The summed E-state index contributed by atoms with van der Waals surface area (Å²) in [6.07, 6.45) is 7.56. The van der Waals surface area contributed by atoms with Gasteiger partial charge in [-0.2, -0.15) is 0 Å². The standard InChI is InChI=1S/C4H4O.C3H3N3.2Na.2H/c1-2-4-5-3-1;1-4-2-6-3-5-1;;;;/h1-4H;1-3H;;;;/q;;2*+1;2*-1. The van der Waals surface area contributed by atoms with Crippen molar-refractivity contribution >= 4 is 0 Å². The smallest absolute Gasteiger partial charge is 1.00 e. The van der Waals surface area contributed by atoms with Gasteiger partial charge in [0.15, 0.2) is 0 Å². The minimum Gasteiger partial charge on any atom is -1.00 e. The van der Waals surface area contributed by atoms with Crippen molar-refractivity contribution in [1.82, 2.24) is 15.0 Å². The Morgan fingerprint density at radius 1 is 0.769 bits per heavy atom. The first-order valence-electron chi connectivity index (χ1n) is 3.02. The van der Waals surface area contributed by atoms with E-state index >= 15 is 0 Å². The van der Waals surface area contributed by atoms with E-state index in [1.165, 1.54) is 19.0 Å². The monoisotopic (exact) mass is 197 g/mol. The van der Waals surface area contributed by atoms with Crippen molar-refractivity contribution in [3.05, 3.63) is 43.6 Å². The van der Waals surface area contributed by atoms with Crippen LogP contribution < -0.4 is 59.1 Å². The zero-order chi connectivity index (χ0) is 7.78. The Bertz CT molecular complexity index is 216. The molecule has 0 bridgehead atoms. The van der Waals surface area contributed by atoms with Gasteiger partial charge in [0, 0.05) is 0 Å². The Hall–Kier alpha value is 0.290. The summed E-state index contributed by atoms with van der Waals surface area (Å²) in [5.41, 5.74) is 0. The number of nitrogens with zero attached hydrogens (tertiary/aromatic N) is 3. The molecule has 0 saturated heterocycles. The van der Waals surface area contributed by atoms with Crippen LogP contribution in [-0.2, 0) is 0 Å². The third kappa shape index (κ3) is 10.2. The quantitative estimate of drug-likeness (QED) is 0.399. The van der Waals surface area contributed by atoms with E-state index in [1.807, 2.05) is 12.1 Å². The first-order chi connectivity index (χ1) is 5.50. The molecule has 0 amide bonds. The van der Waals surface area contributed by atoms with Crippen molar-refractivity contribution in [2.75, 3.05) is 0 Å². The van der Waals surface area contributed by atoms with E-state index in [9.17, 15) is 0 Å². The second-order valence-electron chi connectivity index (χ2n) is 1.59. The van der Waals surface area contributed by atoms with E-state index in [0.717, 1.165) is 0 Å². The molecule has 0 unspecified atom stereocenters. The fourth-order valence-electron chi connectivity index (χ4n) is 0.432. The molecule has 2 heterocycles. The van der Waals surface area contributed by atoms with Gasteiger partial charge < -0.3 is 7.27 Å². The van der Waals surface area contributed by atoms with Gasteiger partial charge in [0.1, 0.15) is 19.0 Å². The van der Waals surface area contributed by atoms with Gasteiger partial charge in [-0.05, 0) is 12.1 Å². The molecule has 0 aliphatic rings. The van der Waals surface area contributed by atoms with E-state index in [2.05, 4.69) is 19.4 Å². The molecule has 0 aliphatic carbocycles. The molecule has 0 saturated carbocycles. The summed E-state index contributed by atoms with van der Waals surface area (Å²) < 4.78 is 4.58. The maximum absolute atomic E-state index is 4.58. The van der Waals surface area contributed by atoms with Crippen molar-refractivity contribution < 1.29 is 66.4 Å². The molecule has 0 aromatic carbocycles. The van der Waals surface area contributed by atoms with E-state index in [1.54, 1.807) is 12.5 Å². The normalized spacial score (nSPS) is 6.77. The van der Waals surface area contributed by atoms with Crippen LogP contribution in [0.25, 0.3) is 0 Å². The molecule has 2 aromatic rings. The largest absolute Gasteiger partial charge is 1.00 e. The molecule has 4 nitrogen and oxygen atoms in total. The average molecular weight is 197 g/mol. The fraction of sp³-hybridized carbons (Fsp3) is 0. The number of rotatable bonds is 0. The van der Waals surface area contributed by atoms with Gasteiger partial charge in [-0.3, -0.25) is 0 Å². The van der Waals surface area contributed by atoms with Crippen LogP contribution in [0.15, 0.2) is 48.1 Å². The molecule has 0 spiro atoms. The van der Waals surface area contributed by atoms with Crippen molar-refractivity contribution in [2.45, 2.75) is 0 Å². The molecular formula is C7H9N3Na2O. The molecule has 2 rings (SSSR count). The Labute approximate surface area is 124 Å². The van der Waals surface area contributed by atoms with Crippen molar-refractivity contribution in [1.29, 1.82) is 0 Å². The molecule has 0 radical (unpaired) electrons. The van der Waals surface area contributed by atoms with Crippen LogP contribution in [0.2, 0.25) is 0 Å². The van der Waals surface area contributed by atoms with E-state index in [4.69, 9.17) is 0 Å². The zero-order valence-corrected chi connectivity index (χ0v) is 11.8. The second-order valence-corrected chi connectivity index (χ2v) is 1.59. The number of hydrogen-bond acceptors (Lipinski definition) is 4. The first kappa shape index (κ1) is 15.7. The topological polar surface area (TPSA) is 51.8 Å². The Kier molecular flexibility index (Phi) is 14.9. The predicted octanol–water partition coefficient (Wildman–Crippen LogP) is -4.62. The minimum absolute atomic E-state index is 0. The molecule has 0 atom stereocenters. The molecule has 0 fully saturated rings. The molecule has 0 N–H and O–H groups in total. The maximum Gasteiger partial charge on any atom is 1.00 e. The molecule has 60 valence electrons. The summed E-state index contributed by atoms with van der Waals surface area (Å²) in [7, 11) is 0. The van der Waals surface area contributed by atoms with Gasteiger partial charge in [0.25, 0.3) is 0 Å². The summed E-state index contributed by atoms with van der Waals surface area (Å²) in [6.45, 7) is 0. The van der Waals surface area contributed by atoms with Crippen molar-refractivity contribution in [2.24, 2.45) is 0 Å². The van der Waals surface area contributed by atoms with Crippen LogP contribution in [-0.4, -0.2) is 15.0 Å². The van der Waals surface area contributed by atoms with Crippen LogP contribution in [0, 0.1) is 0 Å². The molecular weight excluding hydrogens is 188 g/mol. The molecule has 2 aromatic heterocycles. The van der Waals surface area contributed by atoms with Crippen LogP contribution >= 0.6 is 0 Å². The van der Waals surface area contributed by atoms with Gasteiger partial charge in [0.2, 0.25) is 0 Å². The third-order valence-corrected chi connectivity index (χ3v) is 0.825. The summed E-state index contributed by atoms with van der Waals surface area (Å²) in [4.78, 5) is 10.7. The van der Waals surface area contributed by atoms with Gasteiger partial charge in [-0.25, -0.2) is 15.0 Å². The molecule has 13 heavy (non-hydrogen) atoms. The van der Waals surface area contributed by atoms with Gasteiger partial charge in [-0.15, -0.1) is 0 Å². The maximum atomic E-state index is 4.58. The summed E-state index contributed by atoms with van der Waals surface area (Å²) >= 11 is 0. The van der Waals surface area contributed by atoms with E-state index in [0.29, 0.717) is 0 Å². The average Bonchev–Trinajstić information content (AvgIpc) is 2.64. The summed E-state index contributed by atoms with van der Waals surface area (Å²) in [5, 5.41) is 0. The summed E-state index contributed by atoms with van der Waals surface area (Å²) in [6, 6.07) is 3.67. The minimum atomic E-state index is 0.